The van der Waals surface area contributed by atoms with E-state index in [0.717, 1.165) is 45.5 Å². The molecule has 2 N–H and O–H groups in total. The summed E-state index contributed by atoms with van der Waals surface area (Å²) in [7, 11) is 1.94. The van der Waals surface area contributed by atoms with Gasteiger partial charge in [-0.2, -0.15) is 0 Å². The van der Waals surface area contributed by atoms with Crippen molar-refractivity contribution in [2.75, 3.05) is 12.3 Å². The summed E-state index contributed by atoms with van der Waals surface area (Å²) in [5.74, 6) is 4.07. The van der Waals surface area contributed by atoms with Crippen molar-refractivity contribution in [1.29, 1.82) is 0 Å². The van der Waals surface area contributed by atoms with E-state index < -0.39 is 0 Å². The lowest BCUT2D eigenvalue weighted by Gasteiger charge is -2.25. The number of nitrogen functional groups attached to an aromatic ring is 1. The molecule has 0 saturated heterocycles. The van der Waals surface area contributed by atoms with E-state index in [1.165, 1.54) is 35.0 Å². The van der Waals surface area contributed by atoms with Crippen LogP contribution >= 0.6 is 23.1 Å². The molecule has 8 nitrogen and oxygen atoms in total. The Labute approximate surface area is 193 Å². The van der Waals surface area contributed by atoms with E-state index in [1.54, 1.807) is 11.3 Å². The average molecular weight is 467 g/mol. The van der Waals surface area contributed by atoms with Crippen LogP contribution in [0.2, 0.25) is 0 Å². The molecule has 0 amide bonds. The number of anilines is 1. The molecule has 1 aliphatic carbocycles. The van der Waals surface area contributed by atoms with Crippen LogP contribution in [0.3, 0.4) is 0 Å². The van der Waals surface area contributed by atoms with Gasteiger partial charge in [-0.15, -0.1) is 21.5 Å². The van der Waals surface area contributed by atoms with Gasteiger partial charge in [-0.1, -0.05) is 23.9 Å². The molecule has 0 bridgehead atoms. The molecule has 10 heteroatoms. The average Bonchev–Trinajstić information content (AvgIpc) is 3.37. The van der Waals surface area contributed by atoms with Crippen molar-refractivity contribution in [3.8, 4) is 11.5 Å². The molecule has 6 rings (SSSR count). The van der Waals surface area contributed by atoms with Crippen molar-refractivity contribution < 1.29 is 9.47 Å². The number of aromatic nitrogens is 5. The predicted octanol–water partition coefficient (Wildman–Crippen LogP) is 4.09. The van der Waals surface area contributed by atoms with Crippen LogP contribution in [0.5, 0.6) is 11.5 Å². The molecule has 32 heavy (non-hydrogen) atoms. The monoisotopic (exact) mass is 466 g/mol. The zero-order valence-electron chi connectivity index (χ0n) is 17.6. The number of hydrogen-bond donors (Lipinski definition) is 1. The molecule has 3 aromatic heterocycles. The number of nitrogens with zero attached hydrogens (tertiary/aromatic N) is 5. The van der Waals surface area contributed by atoms with E-state index in [9.17, 15) is 0 Å². The molecule has 1 atom stereocenters. The van der Waals surface area contributed by atoms with Crippen LogP contribution in [0.25, 0.3) is 10.2 Å². The fraction of sp³-hybridized carbons (Fsp3) is 0.364. The first-order valence-corrected chi connectivity index (χ1v) is 12.4. The first kappa shape index (κ1) is 19.8. The summed E-state index contributed by atoms with van der Waals surface area (Å²) in [6.07, 6.45) is 4.35. The van der Waals surface area contributed by atoms with Crippen LogP contribution in [0.15, 0.2) is 29.4 Å². The van der Waals surface area contributed by atoms with Gasteiger partial charge >= 0.3 is 0 Å². The lowest BCUT2D eigenvalue weighted by atomic mass is 9.97. The summed E-state index contributed by atoms with van der Waals surface area (Å²) in [6.45, 7) is 0.396. The van der Waals surface area contributed by atoms with Gasteiger partial charge in [0.1, 0.15) is 23.1 Å². The van der Waals surface area contributed by atoms with E-state index in [4.69, 9.17) is 20.2 Å². The number of rotatable bonds is 4. The molecule has 1 unspecified atom stereocenters. The Kier molecular flexibility index (Phi) is 4.91. The minimum atomic E-state index is -0.308. The number of hydrogen-bond acceptors (Lipinski definition) is 9. The maximum atomic E-state index is 6.35. The molecule has 4 heterocycles. The van der Waals surface area contributed by atoms with Gasteiger partial charge in [0.25, 0.3) is 0 Å². The van der Waals surface area contributed by atoms with Crippen molar-refractivity contribution in [3.63, 3.8) is 0 Å². The van der Waals surface area contributed by atoms with Crippen LogP contribution in [-0.4, -0.2) is 31.3 Å². The number of aryl methyl sites for hydroxylation is 2. The Bertz CT molecular complexity index is 1320. The minimum Gasteiger partial charge on any atom is -0.485 e. The normalized spacial score (nSPS) is 17.5. The molecular weight excluding hydrogens is 444 g/mol. The molecule has 2 aliphatic rings. The van der Waals surface area contributed by atoms with E-state index in [0.29, 0.717) is 24.0 Å². The first-order chi connectivity index (χ1) is 15.7. The summed E-state index contributed by atoms with van der Waals surface area (Å²) < 4.78 is 13.9. The zero-order chi connectivity index (χ0) is 21.7. The summed E-state index contributed by atoms with van der Waals surface area (Å²) in [5.41, 5.74) is 7.71. The maximum absolute atomic E-state index is 6.35. The number of thiophene rings is 1. The Morgan fingerprint density at radius 1 is 1.16 bits per heavy atom. The highest BCUT2D eigenvalue weighted by Crippen LogP contribution is 2.39. The van der Waals surface area contributed by atoms with Gasteiger partial charge in [-0.25, -0.2) is 9.97 Å². The van der Waals surface area contributed by atoms with Gasteiger partial charge in [0.05, 0.1) is 11.1 Å². The van der Waals surface area contributed by atoms with Gasteiger partial charge in [0, 0.05) is 11.9 Å². The second-order valence-electron chi connectivity index (χ2n) is 7.97. The number of benzene rings is 1. The third-order valence-electron chi connectivity index (χ3n) is 5.88. The Hall–Kier alpha value is -2.85. The van der Waals surface area contributed by atoms with E-state index in [-0.39, 0.29) is 6.10 Å². The highest BCUT2D eigenvalue weighted by atomic mass is 32.2. The number of nitrogens with two attached hydrogens (primary N) is 1. The summed E-state index contributed by atoms with van der Waals surface area (Å²) >= 11 is 3.31. The molecule has 0 radical (unpaired) electrons. The maximum Gasteiger partial charge on any atom is 0.192 e. The fourth-order valence-corrected chi connectivity index (χ4v) is 6.37. The van der Waals surface area contributed by atoms with Crippen molar-refractivity contribution in [2.45, 2.75) is 42.7 Å². The van der Waals surface area contributed by atoms with Gasteiger partial charge in [-0.05, 0) is 43.4 Å². The van der Waals surface area contributed by atoms with Crippen LogP contribution < -0.4 is 15.2 Å². The van der Waals surface area contributed by atoms with Crippen LogP contribution in [0.1, 0.15) is 41.0 Å². The highest BCUT2D eigenvalue weighted by molar-refractivity contribution is 7.98. The van der Waals surface area contributed by atoms with Crippen LogP contribution in [0, 0.1) is 0 Å². The van der Waals surface area contributed by atoms with Crippen LogP contribution in [-0.2, 0) is 25.6 Å². The van der Waals surface area contributed by atoms with E-state index in [1.807, 2.05) is 35.9 Å². The second kappa shape index (κ2) is 7.93. The fourth-order valence-electron chi connectivity index (χ4n) is 4.30. The zero-order valence-corrected chi connectivity index (χ0v) is 19.2. The smallest absolute Gasteiger partial charge is 0.192 e. The summed E-state index contributed by atoms with van der Waals surface area (Å²) in [5, 5.41) is 10.6. The van der Waals surface area contributed by atoms with E-state index >= 15 is 0 Å². The van der Waals surface area contributed by atoms with E-state index in [2.05, 4.69) is 15.2 Å². The topological polar surface area (TPSA) is 101 Å². The van der Waals surface area contributed by atoms with Gasteiger partial charge in [0.2, 0.25) is 0 Å². The lowest BCUT2D eigenvalue weighted by Crippen LogP contribution is -2.24. The minimum absolute atomic E-state index is 0.308. The van der Waals surface area contributed by atoms with Crippen molar-refractivity contribution in [1.82, 2.24) is 24.7 Å². The molecule has 1 aliphatic heterocycles. The second-order valence-corrected chi connectivity index (χ2v) is 9.99. The molecule has 0 saturated carbocycles. The number of thioether (sulfide) groups is 1. The van der Waals surface area contributed by atoms with Crippen molar-refractivity contribution in [3.05, 3.63) is 46.4 Å². The molecule has 164 valence electrons. The Morgan fingerprint density at radius 2 is 2.00 bits per heavy atom. The van der Waals surface area contributed by atoms with Crippen molar-refractivity contribution >= 4 is 39.1 Å². The quantitative estimate of drug-likeness (QED) is 0.449. The van der Waals surface area contributed by atoms with Gasteiger partial charge in [-0.3, -0.25) is 0 Å². The largest absolute Gasteiger partial charge is 0.485 e. The number of para-hydroxylation sites is 2. The Morgan fingerprint density at radius 3 is 2.91 bits per heavy atom. The summed E-state index contributed by atoms with van der Waals surface area (Å²) in [6, 6.07) is 7.65. The first-order valence-electron chi connectivity index (χ1n) is 10.6. The third kappa shape index (κ3) is 3.38. The third-order valence-corrected chi connectivity index (χ3v) is 8.09. The SMILES string of the molecule is Cn1c(SCc2nc(N)c3c4c(sc3n2)CCCC4)nnc1C1COc2ccccc2O1. The molecule has 0 spiro atoms. The number of ether oxygens (including phenoxy) is 2. The lowest BCUT2D eigenvalue weighted by molar-refractivity contribution is 0.0825. The molecule has 0 fully saturated rings. The van der Waals surface area contributed by atoms with Gasteiger partial charge < -0.3 is 19.8 Å². The molecule has 1 aromatic carbocycles. The number of fused-ring (bicyclic) bond motifs is 4. The van der Waals surface area contributed by atoms with Crippen molar-refractivity contribution in [2.24, 2.45) is 7.05 Å². The Balaban J connectivity index is 1.20. The highest BCUT2D eigenvalue weighted by Gasteiger charge is 2.27. The summed E-state index contributed by atoms with van der Waals surface area (Å²) in [4.78, 5) is 11.8. The standard InChI is InChI=1S/C22H22N6O2S2/c1-28-20(15-10-29-13-7-3-4-8-14(13)30-15)26-27-22(28)31-11-17-24-19(23)18-12-6-2-5-9-16(12)32-21(18)25-17/h3-4,7-8,15H,2,5-6,9-11H2,1H3,(H2,23,24,25). The van der Waals surface area contributed by atoms with Gasteiger partial charge in [0.15, 0.2) is 28.6 Å². The molecular formula is C22H22N6O2S2. The molecule has 4 aromatic rings. The predicted molar refractivity (Wildman–Crippen MR) is 124 cm³/mol. The van der Waals surface area contributed by atoms with Crippen LogP contribution in [0.4, 0.5) is 5.82 Å².